The molecule has 0 bridgehead atoms. The molecule has 0 aliphatic carbocycles. The van der Waals surface area contributed by atoms with Gasteiger partial charge in [-0.2, -0.15) is 0 Å². The number of pyridine rings is 1. The predicted molar refractivity (Wildman–Crippen MR) is 80.1 cm³/mol. The van der Waals surface area contributed by atoms with Crippen molar-refractivity contribution < 1.29 is 4.74 Å². The molecule has 3 unspecified atom stereocenters. The standard InChI is InChI=1S/C16H21N3O/c1-10-7-8-20-16(10)15(19-17)13-5-6-14-12(9-13)4-3-11(2)18-14/h3-6,9-10,15-16,19H,7-8,17H2,1-2H3. The predicted octanol–water partition coefficient (Wildman–Crippen LogP) is 2.47. The van der Waals surface area contributed by atoms with E-state index < -0.39 is 0 Å². The monoisotopic (exact) mass is 271 g/mol. The molecule has 4 nitrogen and oxygen atoms in total. The van der Waals surface area contributed by atoms with Crippen molar-refractivity contribution in [3.05, 3.63) is 41.6 Å². The van der Waals surface area contributed by atoms with Gasteiger partial charge in [0.2, 0.25) is 0 Å². The number of hydrazine groups is 1. The van der Waals surface area contributed by atoms with Crippen LogP contribution in [0, 0.1) is 12.8 Å². The lowest BCUT2D eigenvalue weighted by Crippen LogP contribution is -2.38. The van der Waals surface area contributed by atoms with E-state index in [0.29, 0.717) is 5.92 Å². The Morgan fingerprint density at radius 2 is 2.20 bits per heavy atom. The van der Waals surface area contributed by atoms with Gasteiger partial charge in [-0.25, -0.2) is 0 Å². The molecule has 0 radical (unpaired) electrons. The first-order chi connectivity index (χ1) is 9.69. The first kappa shape index (κ1) is 13.5. The number of hydrogen-bond donors (Lipinski definition) is 2. The van der Waals surface area contributed by atoms with Crippen molar-refractivity contribution in [2.45, 2.75) is 32.4 Å². The van der Waals surface area contributed by atoms with E-state index >= 15 is 0 Å². The molecule has 0 spiro atoms. The van der Waals surface area contributed by atoms with Gasteiger partial charge in [-0.15, -0.1) is 0 Å². The van der Waals surface area contributed by atoms with Crippen LogP contribution in [0.15, 0.2) is 30.3 Å². The van der Waals surface area contributed by atoms with Gasteiger partial charge in [0.1, 0.15) is 0 Å². The number of aryl methyl sites for hydroxylation is 1. The zero-order valence-corrected chi connectivity index (χ0v) is 12.0. The van der Waals surface area contributed by atoms with Crippen LogP contribution < -0.4 is 11.3 Å². The summed E-state index contributed by atoms with van der Waals surface area (Å²) < 4.78 is 5.85. The van der Waals surface area contributed by atoms with Crippen molar-refractivity contribution in [3.8, 4) is 0 Å². The van der Waals surface area contributed by atoms with Gasteiger partial charge in [0.15, 0.2) is 0 Å². The SMILES string of the molecule is Cc1ccc2cc(C(NN)C3OCCC3C)ccc2n1. The first-order valence-electron chi connectivity index (χ1n) is 7.14. The van der Waals surface area contributed by atoms with Gasteiger partial charge >= 0.3 is 0 Å². The summed E-state index contributed by atoms with van der Waals surface area (Å²) in [6.45, 7) is 5.04. The summed E-state index contributed by atoms with van der Waals surface area (Å²) in [6.07, 6.45) is 1.23. The molecule has 0 amide bonds. The van der Waals surface area contributed by atoms with Crippen LogP contribution in [-0.4, -0.2) is 17.7 Å². The zero-order valence-electron chi connectivity index (χ0n) is 12.0. The number of nitrogens with two attached hydrogens (primary N) is 1. The van der Waals surface area contributed by atoms with Crippen molar-refractivity contribution >= 4 is 10.9 Å². The van der Waals surface area contributed by atoms with Gasteiger partial charge in [0.05, 0.1) is 17.7 Å². The lowest BCUT2D eigenvalue weighted by Gasteiger charge is -2.26. The molecule has 2 heterocycles. The Bertz CT molecular complexity index is 614. The van der Waals surface area contributed by atoms with E-state index in [1.807, 2.05) is 13.0 Å². The number of nitrogens with one attached hydrogen (secondary N) is 1. The van der Waals surface area contributed by atoms with Crippen LogP contribution in [0.1, 0.15) is 30.6 Å². The van der Waals surface area contributed by atoms with E-state index in [2.05, 4.69) is 41.6 Å². The van der Waals surface area contributed by atoms with Gasteiger partial charge in [0.25, 0.3) is 0 Å². The Morgan fingerprint density at radius 1 is 1.35 bits per heavy atom. The fraction of sp³-hybridized carbons (Fsp3) is 0.438. The number of aromatic nitrogens is 1. The van der Waals surface area contributed by atoms with Crippen LogP contribution in [0.4, 0.5) is 0 Å². The molecule has 3 atom stereocenters. The minimum atomic E-state index is 0.0261. The maximum atomic E-state index is 5.85. The second-order valence-electron chi connectivity index (χ2n) is 5.65. The minimum absolute atomic E-state index is 0.0261. The number of benzene rings is 1. The second kappa shape index (κ2) is 5.48. The molecule has 1 aliphatic heterocycles. The fourth-order valence-electron chi connectivity index (χ4n) is 2.96. The van der Waals surface area contributed by atoms with Gasteiger partial charge < -0.3 is 4.74 Å². The molecule has 1 saturated heterocycles. The number of fused-ring (bicyclic) bond motifs is 1. The topological polar surface area (TPSA) is 60.2 Å². The molecular formula is C16H21N3O. The van der Waals surface area contributed by atoms with Crippen molar-refractivity contribution in [1.29, 1.82) is 0 Å². The Labute approximate surface area is 119 Å². The van der Waals surface area contributed by atoms with Crippen LogP contribution >= 0.6 is 0 Å². The van der Waals surface area contributed by atoms with Crippen molar-refractivity contribution in [2.75, 3.05) is 6.61 Å². The van der Waals surface area contributed by atoms with Gasteiger partial charge in [-0.3, -0.25) is 16.3 Å². The fourth-order valence-corrected chi connectivity index (χ4v) is 2.96. The van der Waals surface area contributed by atoms with Crippen molar-refractivity contribution in [1.82, 2.24) is 10.4 Å². The van der Waals surface area contributed by atoms with Crippen LogP contribution in [-0.2, 0) is 4.74 Å². The van der Waals surface area contributed by atoms with E-state index in [9.17, 15) is 0 Å². The highest BCUT2D eigenvalue weighted by molar-refractivity contribution is 5.79. The van der Waals surface area contributed by atoms with E-state index in [-0.39, 0.29) is 12.1 Å². The maximum absolute atomic E-state index is 5.85. The Hall–Kier alpha value is -1.49. The Kier molecular flexibility index (Phi) is 3.70. The van der Waals surface area contributed by atoms with Gasteiger partial charge in [-0.05, 0) is 43.0 Å². The highest BCUT2D eigenvalue weighted by Crippen LogP contribution is 2.31. The zero-order chi connectivity index (χ0) is 14.1. The largest absolute Gasteiger partial charge is 0.376 e. The molecule has 106 valence electrons. The van der Waals surface area contributed by atoms with E-state index in [0.717, 1.165) is 35.2 Å². The molecule has 4 heteroatoms. The molecule has 1 aromatic carbocycles. The molecule has 0 saturated carbocycles. The summed E-state index contributed by atoms with van der Waals surface area (Å²) in [7, 11) is 0. The third kappa shape index (κ3) is 2.42. The van der Waals surface area contributed by atoms with E-state index in [1.165, 1.54) is 0 Å². The highest BCUT2D eigenvalue weighted by Gasteiger charge is 2.32. The quantitative estimate of drug-likeness (QED) is 0.665. The molecule has 1 fully saturated rings. The summed E-state index contributed by atoms with van der Waals surface area (Å²) in [5.74, 6) is 6.29. The maximum Gasteiger partial charge on any atom is 0.0808 e. The molecule has 1 aromatic heterocycles. The third-order valence-electron chi connectivity index (χ3n) is 4.16. The third-order valence-corrected chi connectivity index (χ3v) is 4.16. The summed E-state index contributed by atoms with van der Waals surface area (Å²) in [5.41, 5.74) is 6.13. The lowest BCUT2D eigenvalue weighted by atomic mass is 9.92. The van der Waals surface area contributed by atoms with Crippen LogP contribution in [0.2, 0.25) is 0 Å². The van der Waals surface area contributed by atoms with Gasteiger partial charge in [0, 0.05) is 17.7 Å². The van der Waals surface area contributed by atoms with Crippen LogP contribution in [0.25, 0.3) is 10.9 Å². The van der Waals surface area contributed by atoms with E-state index in [1.54, 1.807) is 0 Å². The summed E-state index contributed by atoms with van der Waals surface area (Å²) in [6, 6.07) is 10.5. The van der Waals surface area contributed by atoms with Crippen molar-refractivity contribution in [2.24, 2.45) is 11.8 Å². The van der Waals surface area contributed by atoms with Crippen LogP contribution in [0.5, 0.6) is 0 Å². The number of hydrogen-bond acceptors (Lipinski definition) is 4. The molecule has 3 N–H and O–H groups in total. The normalized spacial score (nSPS) is 24.1. The lowest BCUT2D eigenvalue weighted by molar-refractivity contribution is 0.0608. The second-order valence-corrected chi connectivity index (χ2v) is 5.65. The molecular weight excluding hydrogens is 250 g/mol. The number of ether oxygens (including phenoxy) is 1. The highest BCUT2D eigenvalue weighted by atomic mass is 16.5. The van der Waals surface area contributed by atoms with Crippen LogP contribution in [0.3, 0.4) is 0 Å². The van der Waals surface area contributed by atoms with E-state index in [4.69, 9.17) is 10.6 Å². The average Bonchev–Trinajstić information content (AvgIpc) is 2.86. The van der Waals surface area contributed by atoms with Gasteiger partial charge in [-0.1, -0.05) is 19.1 Å². The first-order valence-corrected chi connectivity index (χ1v) is 7.14. The summed E-state index contributed by atoms with van der Waals surface area (Å²) in [4.78, 5) is 4.53. The van der Waals surface area contributed by atoms with Crippen molar-refractivity contribution in [3.63, 3.8) is 0 Å². The molecule has 3 rings (SSSR count). The minimum Gasteiger partial charge on any atom is -0.376 e. The molecule has 2 aromatic rings. The Morgan fingerprint density at radius 3 is 2.90 bits per heavy atom. The Balaban J connectivity index is 1.97. The average molecular weight is 271 g/mol. The summed E-state index contributed by atoms with van der Waals surface area (Å²) >= 11 is 0. The summed E-state index contributed by atoms with van der Waals surface area (Å²) in [5, 5.41) is 1.14. The molecule has 1 aliphatic rings. The number of nitrogens with zero attached hydrogens (tertiary/aromatic N) is 1. The smallest absolute Gasteiger partial charge is 0.0808 e. The number of rotatable bonds is 3. The molecule has 20 heavy (non-hydrogen) atoms.